The van der Waals surface area contributed by atoms with Crippen molar-refractivity contribution in [1.29, 1.82) is 0 Å². The Morgan fingerprint density at radius 1 is 1.12 bits per heavy atom. The summed E-state index contributed by atoms with van der Waals surface area (Å²) >= 11 is 0. The van der Waals surface area contributed by atoms with Gasteiger partial charge in [-0.3, -0.25) is 19.3 Å². The van der Waals surface area contributed by atoms with E-state index in [1.165, 1.54) is 19.0 Å². The summed E-state index contributed by atoms with van der Waals surface area (Å²) in [5.74, 6) is -6.38. The molecule has 0 heterocycles. The summed E-state index contributed by atoms with van der Waals surface area (Å²) in [7, 11) is 6.49. The molecule has 0 radical (unpaired) electrons. The third-order valence-electron chi connectivity index (χ3n) is 7.44. The lowest BCUT2D eigenvalue weighted by atomic mass is 9.55. The number of hydrogen-bond acceptors (Lipinski definition) is 9. The zero-order chi connectivity index (χ0) is 25.4. The molecule has 1 amide bonds. The van der Waals surface area contributed by atoms with Crippen LogP contribution >= 0.6 is 0 Å². The van der Waals surface area contributed by atoms with Gasteiger partial charge in [-0.1, -0.05) is 13.0 Å². The lowest BCUT2D eigenvalue weighted by Gasteiger charge is -2.53. The van der Waals surface area contributed by atoms with Gasteiger partial charge >= 0.3 is 0 Å². The number of Topliss-reactive ketones (excluding diaryl/α,β-unsaturated/α-hetero) is 2. The number of anilines is 1. The Balaban J connectivity index is 2.02. The number of nitrogens with two attached hydrogens (primary N) is 1. The molecule has 10 nitrogen and oxygen atoms in total. The molecule has 0 spiro atoms. The average molecular weight is 472 g/mol. The maximum Gasteiger partial charge on any atom is 0.252 e. The number of aliphatic hydroxyl groups is 3. The molecule has 1 fully saturated rings. The van der Waals surface area contributed by atoms with Crippen LogP contribution in [0.5, 0.6) is 5.75 Å². The number of benzene rings is 1. The predicted octanol–water partition coefficient (Wildman–Crippen LogP) is -0.324. The van der Waals surface area contributed by atoms with E-state index in [0.717, 1.165) is 6.08 Å². The highest BCUT2D eigenvalue weighted by Gasteiger charge is 2.64. The van der Waals surface area contributed by atoms with Gasteiger partial charge in [-0.05, 0) is 37.7 Å². The summed E-state index contributed by atoms with van der Waals surface area (Å²) in [5, 5.41) is 45.2. The minimum atomic E-state index is -2.47. The first-order valence-electron chi connectivity index (χ1n) is 10.9. The fourth-order valence-electron chi connectivity index (χ4n) is 5.85. The molecule has 1 saturated carbocycles. The normalized spacial score (nSPS) is 32.7. The Labute approximate surface area is 196 Å². The Kier molecular flexibility index (Phi) is 5.39. The average Bonchev–Trinajstić information content (AvgIpc) is 2.74. The molecule has 0 saturated heterocycles. The second-order valence-corrected chi connectivity index (χ2v) is 9.73. The molecular formula is C24H29N3O7. The summed E-state index contributed by atoms with van der Waals surface area (Å²) < 4.78 is 0. The van der Waals surface area contributed by atoms with Crippen molar-refractivity contribution >= 4 is 28.9 Å². The number of rotatable bonds is 3. The Morgan fingerprint density at radius 2 is 1.74 bits per heavy atom. The molecule has 4 rings (SSSR count). The highest BCUT2D eigenvalue weighted by atomic mass is 16.3. The van der Waals surface area contributed by atoms with Crippen LogP contribution in [-0.4, -0.2) is 88.7 Å². The van der Waals surface area contributed by atoms with Gasteiger partial charge in [0.15, 0.2) is 17.2 Å². The molecule has 34 heavy (non-hydrogen) atoms. The van der Waals surface area contributed by atoms with Gasteiger partial charge in [0.25, 0.3) is 5.91 Å². The van der Waals surface area contributed by atoms with Gasteiger partial charge in [-0.15, -0.1) is 0 Å². The molecule has 6 N–H and O–H groups in total. The van der Waals surface area contributed by atoms with E-state index in [1.54, 1.807) is 38.1 Å². The van der Waals surface area contributed by atoms with Crippen LogP contribution < -0.4 is 10.6 Å². The molecule has 6 atom stereocenters. The first kappa shape index (κ1) is 23.9. The van der Waals surface area contributed by atoms with Crippen molar-refractivity contribution < 1.29 is 34.8 Å². The predicted molar refractivity (Wildman–Crippen MR) is 123 cm³/mol. The van der Waals surface area contributed by atoms with Crippen LogP contribution in [0.15, 0.2) is 29.4 Å². The first-order chi connectivity index (χ1) is 15.8. The van der Waals surface area contributed by atoms with E-state index < -0.39 is 64.3 Å². The van der Waals surface area contributed by atoms with E-state index in [2.05, 4.69) is 0 Å². The van der Waals surface area contributed by atoms with Gasteiger partial charge in [-0.25, -0.2) is 0 Å². The number of aromatic hydroxyl groups is 1. The minimum absolute atomic E-state index is 0.0442. The van der Waals surface area contributed by atoms with Gasteiger partial charge < -0.3 is 31.1 Å². The molecule has 0 bridgehead atoms. The topological polar surface area (TPSA) is 165 Å². The third-order valence-corrected chi connectivity index (χ3v) is 7.44. The highest BCUT2D eigenvalue weighted by Crippen LogP contribution is 2.55. The molecule has 0 aliphatic heterocycles. The third kappa shape index (κ3) is 2.95. The van der Waals surface area contributed by atoms with E-state index in [4.69, 9.17) is 5.73 Å². The fraction of sp³-hybridized carbons (Fsp3) is 0.458. The smallest absolute Gasteiger partial charge is 0.252 e. The van der Waals surface area contributed by atoms with Crippen molar-refractivity contribution in [2.45, 2.75) is 30.6 Å². The number of hydrogen-bond donors (Lipinski definition) is 5. The maximum atomic E-state index is 13.8. The number of phenols is 1. The standard InChI is InChI=1S/C24H29N3O7/c1-9-10-6-7-12(26(2)3)19(29)14(10)20(30)15-13(9)21(31)16-17(27(4)5)18(28)11(23(25)33)8-24(16,34)22(15)32/h6-9,13,16-17,21,29-31,34H,1-5H3,(H2,25,33)/t9-,13+,16+,17-,21-,24-/m0/s1. The monoisotopic (exact) mass is 471 g/mol. The number of ketones is 2. The highest BCUT2D eigenvalue weighted by molar-refractivity contribution is 6.24. The van der Waals surface area contributed by atoms with E-state index >= 15 is 0 Å². The zero-order valence-electron chi connectivity index (χ0n) is 19.6. The summed E-state index contributed by atoms with van der Waals surface area (Å²) in [4.78, 5) is 41.9. The van der Waals surface area contributed by atoms with Gasteiger partial charge in [-0.2, -0.15) is 0 Å². The second kappa shape index (κ2) is 7.66. The number of nitrogens with zero attached hydrogens (tertiary/aromatic N) is 2. The lowest BCUT2D eigenvalue weighted by Crippen LogP contribution is -2.68. The largest absolute Gasteiger partial charge is 0.507 e. The number of likely N-dealkylation sites (N-methyl/N-ethyl adjacent to an activating group) is 1. The SMILES string of the molecule is C[C@H]1c2ccc(N(C)C)c(O)c2C(O)=C2C(=O)[C@]3(O)C=C(C(N)=O)C(=O)[C@@H](N(C)C)[C@@H]3[C@@H](O)[C@@H]21. The van der Waals surface area contributed by atoms with Gasteiger partial charge in [0, 0.05) is 31.5 Å². The van der Waals surface area contributed by atoms with Crippen LogP contribution in [0.1, 0.15) is 24.0 Å². The number of phenolic OH excluding ortho intramolecular Hbond substituents is 1. The van der Waals surface area contributed by atoms with Crippen molar-refractivity contribution in [1.82, 2.24) is 4.90 Å². The van der Waals surface area contributed by atoms with E-state index in [0.29, 0.717) is 11.3 Å². The van der Waals surface area contributed by atoms with Crippen LogP contribution in [0.25, 0.3) is 5.76 Å². The number of amides is 1. The Morgan fingerprint density at radius 3 is 2.26 bits per heavy atom. The summed E-state index contributed by atoms with van der Waals surface area (Å²) in [5.41, 5.74) is 3.05. The van der Waals surface area contributed by atoms with Crippen LogP contribution in [-0.2, 0) is 14.4 Å². The number of aliphatic hydroxyl groups excluding tert-OH is 2. The van der Waals surface area contributed by atoms with Crippen LogP contribution in [0.3, 0.4) is 0 Å². The van der Waals surface area contributed by atoms with Gasteiger partial charge in [0.1, 0.15) is 11.5 Å². The van der Waals surface area contributed by atoms with Crippen LogP contribution in [0.2, 0.25) is 0 Å². The maximum absolute atomic E-state index is 13.8. The van der Waals surface area contributed by atoms with Crippen LogP contribution in [0.4, 0.5) is 5.69 Å². The van der Waals surface area contributed by atoms with Crippen molar-refractivity contribution in [3.8, 4) is 5.75 Å². The summed E-state index contributed by atoms with van der Waals surface area (Å²) in [6.45, 7) is 1.74. The summed E-state index contributed by atoms with van der Waals surface area (Å²) in [6, 6.07) is 2.17. The number of carbonyl (C=O) groups excluding carboxylic acids is 3. The van der Waals surface area contributed by atoms with Gasteiger partial charge in [0.05, 0.1) is 29.0 Å². The van der Waals surface area contributed by atoms with Crippen LogP contribution in [0, 0.1) is 11.8 Å². The quantitative estimate of drug-likeness (QED) is 0.371. The van der Waals surface area contributed by atoms with Crippen molar-refractivity contribution in [2.75, 3.05) is 33.1 Å². The second-order valence-electron chi connectivity index (χ2n) is 9.73. The first-order valence-corrected chi connectivity index (χ1v) is 10.9. The fourth-order valence-corrected chi connectivity index (χ4v) is 5.85. The van der Waals surface area contributed by atoms with Crippen molar-refractivity contribution in [3.63, 3.8) is 0 Å². The van der Waals surface area contributed by atoms with Crippen molar-refractivity contribution in [3.05, 3.63) is 40.5 Å². The van der Waals surface area contributed by atoms with E-state index in [-0.39, 0.29) is 16.9 Å². The molecular weight excluding hydrogens is 442 g/mol. The zero-order valence-corrected chi connectivity index (χ0v) is 19.6. The van der Waals surface area contributed by atoms with Gasteiger partial charge in [0.2, 0.25) is 0 Å². The van der Waals surface area contributed by atoms with E-state index in [9.17, 15) is 34.8 Å². The Bertz CT molecular complexity index is 1190. The molecule has 1 aromatic carbocycles. The number of carbonyl (C=O) groups is 3. The Hall–Kier alpha value is -3.21. The molecule has 3 aliphatic carbocycles. The molecule has 182 valence electrons. The number of primary amides is 1. The molecule has 1 aromatic rings. The molecule has 10 heteroatoms. The molecule has 0 unspecified atom stereocenters. The number of fused-ring (bicyclic) bond motifs is 3. The van der Waals surface area contributed by atoms with Crippen molar-refractivity contribution in [2.24, 2.45) is 17.6 Å². The minimum Gasteiger partial charge on any atom is -0.507 e. The van der Waals surface area contributed by atoms with E-state index in [1.807, 2.05) is 0 Å². The summed E-state index contributed by atoms with van der Waals surface area (Å²) in [6.07, 6.45) is -0.638. The lowest BCUT2D eigenvalue weighted by molar-refractivity contribution is -0.160. The molecule has 0 aromatic heterocycles. The molecule has 3 aliphatic rings.